The van der Waals surface area contributed by atoms with E-state index in [4.69, 9.17) is 17.3 Å². The summed E-state index contributed by atoms with van der Waals surface area (Å²) in [5.41, 5.74) is 6.02. The van der Waals surface area contributed by atoms with Crippen molar-refractivity contribution in [3.63, 3.8) is 0 Å². The molecule has 0 bridgehead atoms. The molecule has 1 aromatic heterocycles. The summed E-state index contributed by atoms with van der Waals surface area (Å²) in [6, 6.07) is 4.63. The van der Waals surface area contributed by atoms with Crippen molar-refractivity contribution in [2.75, 3.05) is 5.32 Å². The Labute approximate surface area is 158 Å². The predicted molar refractivity (Wildman–Crippen MR) is 99.6 cm³/mol. The van der Waals surface area contributed by atoms with Crippen LogP contribution in [-0.2, 0) is 0 Å². The van der Waals surface area contributed by atoms with E-state index in [0.717, 1.165) is 6.07 Å². The van der Waals surface area contributed by atoms with Crippen LogP contribution < -0.4 is 11.1 Å². The number of anilines is 1. The maximum Gasteiger partial charge on any atom is 0.274 e. The lowest BCUT2D eigenvalue weighted by Crippen LogP contribution is -2.22. The molecule has 2 atom stereocenters. The Kier molecular flexibility index (Phi) is 5.43. The molecule has 0 radical (unpaired) electrons. The normalized spacial score (nSPS) is 19.8. The first-order chi connectivity index (χ1) is 12.3. The number of nitrogens with one attached hydrogen (secondary N) is 1. The van der Waals surface area contributed by atoms with E-state index in [9.17, 15) is 13.6 Å². The molecule has 5 nitrogen and oxygen atoms in total. The Morgan fingerprint density at radius 3 is 2.81 bits per heavy atom. The fourth-order valence-electron chi connectivity index (χ4n) is 2.63. The number of benzene rings is 1. The fourth-order valence-corrected chi connectivity index (χ4v) is 3.62. The van der Waals surface area contributed by atoms with Crippen LogP contribution in [0, 0.1) is 11.6 Å². The maximum absolute atomic E-state index is 14.3. The molecule has 0 aliphatic carbocycles. The molecule has 9 heteroatoms. The number of thioether (sulfide) groups is 1. The summed E-state index contributed by atoms with van der Waals surface area (Å²) in [6.45, 7) is 1.94. The monoisotopic (exact) mass is 396 g/mol. The fraction of sp³-hybridized carbons (Fsp3) is 0.235. The number of aromatic nitrogens is 1. The summed E-state index contributed by atoms with van der Waals surface area (Å²) in [4.78, 5) is 20.3. The van der Waals surface area contributed by atoms with Crippen LogP contribution in [0.15, 0.2) is 35.5 Å². The largest absolute Gasteiger partial charge is 0.379 e. The van der Waals surface area contributed by atoms with Gasteiger partial charge in [0.2, 0.25) is 0 Å². The summed E-state index contributed by atoms with van der Waals surface area (Å²) in [7, 11) is 0. The number of hydrogen-bond donors (Lipinski definition) is 2. The molecule has 2 unspecified atom stereocenters. The average Bonchev–Trinajstić information content (AvgIpc) is 2.57. The number of nitrogens with zero attached hydrogens (tertiary/aromatic N) is 2. The van der Waals surface area contributed by atoms with Gasteiger partial charge >= 0.3 is 0 Å². The van der Waals surface area contributed by atoms with Crippen LogP contribution in [0.1, 0.15) is 35.4 Å². The first-order valence-corrected chi connectivity index (χ1v) is 9.01. The first kappa shape index (κ1) is 18.6. The Morgan fingerprint density at radius 1 is 1.38 bits per heavy atom. The lowest BCUT2D eigenvalue weighted by atomic mass is 10.0. The molecule has 1 aliphatic heterocycles. The van der Waals surface area contributed by atoms with E-state index in [-0.39, 0.29) is 22.2 Å². The second kappa shape index (κ2) is 7.59. The molecule has 0 spiro atoms. The van der Waals surface area contributed by atoms with Gasteiger partial charge < -0.3 is 11.1 Å². The molecule has 1 amide bonds. The van der Waals surface area contributed by atoms with Gasteiger partial charge in [0.25, 0.3) is 5.91 Å². The van der Waals surface area contributed by atoms with Crippen molar-refractivity contribution in [3.8, 4) is 0 Å². The smallest absolute Gasteiger partial charge is 0.274 e. The molecule has 1 aliphatic rings. The van der Waals surface area contributed by atoms with Crippen LogP contribution in [0.25, 0.3) is 0 Å². The van der Waals surface area contributed by atoms with Gasteiger partial charge in [-0.2, -0.15) is 0 Å². The van der Waals surface area contributed by atoms with Gasteiger partial charge in [-0.1, -0.05) is 30.3 Å². The Hall–Kier alpha value is -2.19. The standard InChI is InChI=1S/C17H15ClF2N4OS/c1-8-4-14(24-17(21)26-8)11-5-10(6-12(19)15(11)20)23-16(25)13-3-2-9(18)7-22-13/h2-3,5-8,14H,4H2,1H3,(H2,21,24)(H,23,25). The van der Waals surface area contributed by atoms with Crippen LogP contribution in [0.2, 0.25) is 5.02 Å². The maximum atomic E-state index is 14.3. The number of amidine groups is 1. The number of aliphatic imine (C=N–C) groups is 1. The van der Waals surface area contributed by atoms with E-state index in [2.05, 4.69) is 15.3 Å². The summed E-state index contributed by atoms with van der Waals surface area (Å²) in [5, 5.41) is 3.35. The number of carbonyl (C=O) groups is 1. The summed E-state index contributed by atoms with van der Waals surface area (Å²) in [6.07, 6.45) is 1.84. The van der Waals surface area contributed by atoms with Gasteiger partial charge in [0, 0.05) is 28.8 Å². The SMILES string of the molecule is CC1CC(c2cc(NC(=O)c3ccc(Cl)cn3)cc(F)c2F)N=C(N)S1. The van der Waals surface area contributed by atoms with Gasteiger partial charge in [-0.05, 0) is 24.6 Å². The van der Waals surface area contributed by atoms with Crippen molar-refractivity contribution in [2.45, 2.75) is 24.6 Å². The quantitative estimate of drug-likeness (QED) is 0.816. The van der Waals surface area contributed by atoms with E-state index in [1.165, 1.54) is 36.2 Å². The minimum atomic E-state index is -1.07. The number of halogens is 3. The number of rotatable bonds is 3. The molecular formula is C17H15ClF2N4OS. The topological polar surface area (TPSA) is 80.4 Å². The van der Waals surface area contributed by atoms with E-state index in [0.29, 0.717) is 16.6 Å². The molecule has 0 fully saturated rings. The minimum absolute atomic E-state index is 0.0551. The molecule has 3 rings (SSSR count). The van der Waals surface area contributed by atoms with E-state index in [1.807, 2.05) is 6.92 Å². The molecule has 0 saturated carbocycles. The number of amides is 1. The van der Waals surface area contributed by atoms with Crippen molar-refractivity contribution in [1.29, 1.82) is 0 Å². The Morgan fingerprint density at radius 2 is 2.15 bits per heavy atom. The summed E-state index contributed by atoms with van der Waals surface area (Å²) < 4.78 is 28.3. The third kappa shape index (κ3) is 4.13. The van der Waals surface area contributed by atoms with Gasteiger partial charge in [0.05, 0.1) is 11.1 Å². The van der Waals surface area contributed by atoms with E-state index >= 15 is 0 Å². The van der Waals surface area contributed by atoms with Crippen LogP contribution in [0.4, 0.5) is 14.5 Å². The zero-order chi connectivity index (χ0) is 18.8. The molecule has 0 saturated heterocycles. The van der Waals surface area contributed by atoms with Crippen LogP contribution >= 0.6 is 23.4 Å². The molecule has 26 heavy (non-hydrogen) atoms. The highest BCUT2D eigenvalue weighted by atomic mass is 35.5. The van der Waals surface area contributed by atoms with Crippen molar-refractivity contribution in [3.05, 3.63) is 58.4 Å². The highest BCUT2D eigenvalue weighted by molar-refractivity contribution is 8.14. The third-order valence-electron chi connectivity index (χ3n) is 3.79. The van der Waals surface area contributed by atoms with Gasteiger partial charge in [-0.25, -0.2) is 13.8 Å². The zero-order valence-electron chi connectivity index (χ0n) is 13.7. The van der Waals surface area contributed by atoms with E-state index in [1.54, 1.807) is 0 Å². The number of nitrogens with two attached hydrogens (primary N) is 1. The van der Waals surface area contributed by atoms with Crippen molar-refractivity contribution >= 4 is 40.1 Å². The average molecular weight is 397 g/mol. The molecule has 3 N–H and O–H groups in total. The number of carbonyl (C=O) groups excluding carboxylic acids is 1. The second-order valence-electron chi connectivity index (χ2n) is 5.82. The first-order valence-electron chi connectivity index (χ1n) is 7.75. The van der Waals surface area contributed by atoms with Crippen molar-refractivity contribution in [1.82, 2.24) is 4.98 Å². The molecular weight excluding hydrogens is 382 g/mol. The van der Waals surface area contributed by atoms with Gasteiger partial charge in [-0.15, -0.1) is 0 Å². The van der Waals surface area contributed by atoms with Crippen LogP contribution in [0.5, 0.6) is 0 Å². The van der Waals surface area contributed by atoms with Crippen molar-refractivity contribution in [2.24, 2.45) is 10.7 Å². The van der Waals surface area contributed by atoms with Gasteiger partial charge in [-0.3, -0.25) is 9.79 Å². The Balaban J connectivity index is 1.89. The molecule has 1 aromatic carbocycles. The molecule has 2 aromatic rings. The zero-order valence-corrected chi connectivity index (χ0v) is 15.2. The molecule has 136 valence electrons. The highest BCUT2D eigenvalue weighted by Gasteiger charge is 2.26. The summed E-state index contributed by atoms with van der Waals surface area (Å²) in [5.74, 6) is -2.62. The van der Waals surface area contributed by atoms with E-state index < -0.39 is 23.6 Å². The van der Waals surface area contributed by atoms with Crippen LogP contribution in [0.3, 0.4) is 0 Å². The van der Waals surface area contributed by atoms with Crippen LogP contribution in [-0.4, -0.2) is 21.3 Å². The predicted octanol–water partition coefficient (Wildman–Crippen LogP) is 4.15. The second-order valence-corrected chi connectivity index (χ2v) is 7.72. The van der Waals surface area contributed by atoms with Gasteiger partial charge in [0.15, 0.2) is 16.8 Å². The van der Waals surface area contributed by atoms with Crippen molar-refractivity contribution < 1.29 is 13.6 Å². The highest BCUT2D eigenvalue weighted by Crippen LogP contribution is 2.36. The number of pyridine rings is 1. The Bertz CT molecular complexity index is 876. The third-order valence-corrected chi connectivity index (χ3v) is 4.96. The summed E-state index contributed by atoms with van der Waals surface area (Å²) >= 11 is 7.12. The molecule has 2 heterocycles. The lowest BCUT2D eigenvalue weighted by molar-refractivity contribution is 0.102. The van der Waals surface area contributed by atoms with Gasteiger partial charge in [0.1, 0.15) is 5.69 Å². The minimum Gasteiger partial charge on any atom is -0.379 e. The number of hydrogen-bond acceptors (Lipinski definition) is 5. The lowest BCUT2D eigenvalue weighted by Gasteiger charge is -2.24.